The monoisotopic (exact) mass is 233 g/mol. The van der Waals surface area contributed by atoms with Crippen molar-refractivity contribution in [1.29, 1.82) is 0 Å². The van der Waals surface area contributed by atoms with Gasteiger partial charge in [-0.1, -0.05) is 18.2 Å². The lowest BCUT2D eigenvalue weighted by molar-refractivity contribution is 0.303. The van der Waals surface area contributed by atoms with Gasteiger partial charge in [-0.3, -0.25) is 4.99 Å². The smallest absolute Gasteiger partial charge is 0.122 e. The lowest BCUT2D eigenvalue weighted by Crippen LogP contribution is -2.05. The number of halogens is 1. The Balaban J connectivity index is 1.89. The minimum absolute atomic E-state index is 0.159. The van der Waals surface area contributed by atoms with Crippen LogP contribution in [0.25, 0.3) is 0 Å². The maximum Gasteiger partial charge on any atom is 0.122 e. The fourth-order valence-corrected chi connectivity index (χ4v) is 1.74. The highest BCUT2D eigenvalue weighted by Crippen LogP contribution is 2.15. The number of allylic oxidation sites excluding steroid dienone is 5. The van der Waals surface area contributed by atoms with Crippen LogP contribution in [-0.4, -0.2) is 25.5 Å². The van der Waals surface area contributed by atoms with E-state index in [0.717, 1.165) is 17.8 Å². The maximum absolute atomic E-state index is 12.8. The van der Waals surface area contributed by atoms with Crippen molar-refractivity contribution < 1.29 is 9.13 Å². The second-order valence-electron chi connectivity index (χ2n) is 4.07. The Morgan fingerprint density at radius 1 is 1.29 bits per heavy atom. The molecule has 2 atom stereocenters. The first-order valence-electron chi connectivity index (χ1n) is 5.76. The maximum atomic E-state index is 12.8. The highest BCUT2D eigenvalue weighted by molar-refractivity contribution is 5.82. The van der Waals surface area contributed by atoms with Gasteiger partial charge < -0.3 is 4.74 Å². The van der Waals surface area contributed by atoms with Gasteiger partial charge in [-0.2, -0.15) is 0 Å². The summed E-state index contributed by atoms with van der Waals surface area (Å²) in [6.45, 7) is 0. The van der Waals surface area contributed by atoms with E-state index >= 15 is 0 Å². The Kier molecular flexibility index (Phi) is 3.91. The topological polar surface area (TPSA) is 21.6 Å². The molecule has 0 amide bonds. The second kappa shape index (κ2) is 5.62. The molecule has 90 valence electrons. The molecule has 0 aromatic heterocycles. The van der Waals surface area contributed by atoms with Gasteiger partial charge in [0.1, 0.15) is 11.9 Å². The van der Waals surface area contributed by atoms with E-state index in [1.165, 1.54) is 0 Å². The summed E-state index contributed by atoms with van der Waals surface area (Å²) in [5, 5.41) is 0. The highest BCUT2D eigenvalue weighted by atomic mass is 19.1. The summed E-state index contributed by atoms with van der Waals surface area (Å²) in [5.41, 5.74) is 0.980. The van der Waals surface area contributed by atoms with Gasteiger partial charge >= 0.3 is 0 Å². The molecule has 0 saturated carbocycles. The van der Waals surface area contributed by atoms with Crippen LogP contribution in [0.1, 0.15) is 12.8 Å². The molecule has 2 nitrogen and oxygen atoms in total. The van der Waals surface area contributed by atoms with Crippen LogP contribution in [-0.2, 0) is 4.74 Å². The highest BCUT2D eigenvalue weighted by Gasteiger charge is 2.07. The van der Waals surface area contributed by atoms with Crippen molar-refractivity contribution in [3.8, 4) is 0 Å². The minimum atomic E-state index is -0.839. The molecule has 2 rings (SSSR count). The number of rotatable bonds is 3. The van der Waals surface area contributed by atoms with Crippen LogP contribution in [0.4, 0.5) is 4.39 Å². The zero-order valence-corrected chi connectivity index (χ0v) is 9.84. The van der Waals surface area contributed by atoms with Crippen molar-refractivity contribution in [3.63, 3.8) is 0 Å². The molecule has 17 heavy (non-hydrogen) atoms. The van der Waals surface area contributed by atoms with E-state index < -0.39 is 6.17 Å². The van der Waals surface area contributed by atoms with Gasteiger partial charge in [0.2, 0.25) is 0 Å². The Labute approximate surface area is 101 Å². The molecular weight excluding hydrogens is 217 g/mol. The van der Waals surface area contributed by atoms with Gasteiger partial charge in [-0.15, -0.1) is 0 Å². The van der Waals surface area contributed by atoms with Crippen molar-refractivity contribution in [1.82, 2.24) is 0 Å². The van der Waals surface area contributed by atoms with E-state index in [2.05, 4.69) is 4.99 Å². The Hall–Kier alpha value is -1.64. The van der Waals surface area contributed by atoms with Crippen LogP contribution < -0.4 is 0 Å². The number of hydrogen-bond donors (Lipinski definition) is 0. The van der Waals surface area contributed by atoms with Gasteiger partial charge in [0, 0.05) is 12.6 Å². The summed E-state index contributed by atoms with van der Waals surface area (Å²) in [6.07, 6.45) is 13.4. The van der Waals surface area contributed by atoms with Crippen LogP contribution in [0.3, 0.4) is 0 Å². The first-order chi connectivity index (χ1) is 8.28. The Bertz CT molecular complexity index is 418. The molecule has 0 fully saturated rings. The van der Waals surface area contributed by atoms with Crippen molar-refractivity contribution in [2.75, 3.05) is 7.11 Å². The molecule has 0 bridgehead atoms. The summed E-state index contributed by atoms with van der Waals surface area (Å²) < 4.78 is 17.9. The van der Waals surface area contributed by atoms with Gasteiger partial charge in [0.25, 0.3) is 0 Å². The van der Waals surface area contributed by atoms with Crippen molar-refractivity contribution >= 4 is 6.21 Å². The molecule has 0 N–H and O–H groups in total. The number of nitrogens with zero attached hydrogens (tertiary/aromatic N) is 1. The van der Waals surface area contributed by atoms with Crippen LogP contribution in [0, 0.1) is 0 Å². The molecule has 0 radical (unpaired) electrons. The summed E-state index contributed by atoms with van der Waals surface area (Å²) in [5.74, 6) is 0.883. The second-order valence-corrected chi connectivity index (χ2v) is 4.07. The lowest BCUT2D eigenvalue weighted by atomic mass is 10.1. The van der Waals surface area contributed by atoms with Gasteiger partial charge in [0.05, 0.1) is 13.2 Å². The molecule has 0 heterocycles. The van der Waals surface area contributed by atoms with Crippen LogP contribution in [0.2, 0.25) is 0 Å². The van der Waals surface area contributed by atoms with Crippen LogP contribution in [0.15, 0.2) is 52.8 Å². The molecule has 2 aliphatic rings. The largest absolute Gasteiger partial charge is 0.497 e. The van der Waals surface area contributed by atoms with E-state index in [1.807, 2.05) is 30.5 Å². The van der Waals surface area contributed by atoms with E-state index in [-0.39, 0.29) is 6.04 Å². The number of ether oxygens (including phenoxy) is 1. The Morgan fingerprint density at radius 3 is 2.76 bits per heavy atom. The van der Waals surface area contributed by atoms with Crippen LogP contribution >= 0.6 is 0 Å². The average Bonchev–Trinajstić information content (AvgIpc) is 2.39. The first-order valence-corrected chi connectivity index (χ1v) is 5.76. The molecule has 0 saturated heterocycles. The molecule has 2 aliphatic carbocycles. The first kappa shape index (κ1) is 11.8. The molecule has 0 spiro atoms. The van der Waals surface area contributed by atoms with E-state index in [0.29, 0.717) is 6.42 Å². The number of alkyl halides is 1. The zero-order valence-electron chi connectivity index (χ0n) is 9.84. The van der Waals surface area contributed by atoms with Gasteiger partial charge in [0.15, 0.2) is 0 Å². The quantitative estimate of drug-likeness (QED) is 0.686. The fraction of sp³-hybridized carbons (Fsp3) is 0.357. The number of hydrogen-bond acceptors (Lipinski definition) is 2. The fourth-order valence-electron chi connectivity index (χ4n) is 1.74. The van der Waals surface area contributed by atoms with Gasteiger partial charge in [-0.25, -0.2) is 4.39 Å². The summed E-state index contributed by atoms with van der Waals surface area (Å²) in [4.78, 5) is 4.45. The third-order valence-corrected chi connectivity index (χ3v) is 2.77. The van der Waals surface area contributed by atoms with Crippen molar-refractivity contribution in [3.05, 3.63) is 47.8 Å². The van der Waals surface area contributed by atoms with Crippen molar-refractivity contribution in [2.45, 2.75) is 25.1 Å². The zero-order chi connectivity index (χ0) is 12.1. The summed E-state index contributed by atoms with van der Waals surface area (Å²) in [6, 6.07) is 0.159. The average molecular weight is 233 g/mol. The molecule has 0 aromatic rings. The van der Waals surface area contributed by atoms with Crippen LogP contribution in [0.5, 0.6) is 0 Å². The third-order valence-electron chi connectivity index (χ3n) is 2.77. The SMILES string of the molecule is COC1=CCC(N=CC2=CCC(F)C=C2)C=C1. The Morgan fingerprint density at radius 2 is 2.18 bits per heavy atom. The minimum Gasteiger partial charge on any atom is -0.497 e. The third kappa shape index (κ3) is 3.41. The molecule has 0 aliphatic heterocycles. The molecule has 3 heteroatoms. The molecule has 0 aromatic carbocycles. The predicted octanol–water partition coefficient (Wildman–Crippen LogP) is 3.14. The summed E-state index contributed by atoms with van der Waals surface area (Å²) in [7, 11) is 1.66. The lowest BCUT2D eigenvalue weighted by Gasteiger charge is -2.12. The van der Waals surface area contributed by atoms with Crippen molar-refractivity contribution in [2.24, 2.45) is 4.99 Å². The van der Waals surface area contributed by atoms with E-state index in [1.54, 1.807) is 19.3 Å². The molecule has 2 unspecified atom stereocenters. The van der Waals surface area contributed by atoms with E-state index in [9.17, 15) is 4.39 Å². The van der Waals surface area contributed by atoms with E-state index in [4.69, 9.17) is 4.74 Å². The van der Waals surface area contributed by atoms with Gasteiger partial charge in [-0.05, 0) is 30.2 Å². The summed E-state index contributed by atoms with van der Waals surface area (Å²) >= 11 is 0. The normalized spacial score (nSPS) is 28.1. The standard InChI is InChI=1S/C14H16FNO/c1-17-14-8-6-13(7-9-14)16-10-11-2-4-12(15)5-3-11/h2-4,6,8-10,12-13H,5,7H2,1H3. The number of aliphatic imine (C=N–C) groups is 1. The predicted molar refractivity (Wildman–Crippen MR) is 67.9 cm³/mol. The number of methoxy groups -OCH3 is 1. The molecular formula is C14H16FNO.